The van der Waals surface area contributed by atoms with Gasteiger partial charge >= 0.3 is 5.97 Å². The van der Waals surface area contributed by atoms with Gasteiger partial charge in [-0.1, -0.05) is 11.6 Å². The van der Waals surface area contributed by atoms with Crippen molar-refractivity contribution in [3.05, 3.63) is 22.8 Å². The number of fused-ring (bicyclic) bond motifs is 2. The molecular formula is C15H20O4. The fourth-order valence-corrected chi connectivity index (χ4v) is 3.20. The highest BCUT2D eigenvalue weighted by Gasteiger charge is 2.64. The normalized spacial score (nSPS) is 39.6. The monoisotopic (exact) mass is 264 g/mol. The van der Waals surface area contributed by atoms with E-state index in [-0.39, 0.29) is 23.8 Å². The number of carbonyl (C=O) groups excluding carboxylic acids is 1. The number of esters is 1. The van der Waals surface area contributed by atoms with E-state index in [2.05, 4.69) is 6.08 Å². The van der Waals surface area contributed by atoms with Crippen molar-refractivity contribution in [2.75, 3.05) is 0 Å². The van der Waals surface area contributed by atoms with Crippen molar-refractivity contribution >= 4 is 5.97 Å². The van der Waals surface area contributed by atoms with Crippen LogP contribution in [-0.4, -0.2) is 35.0 Å². The Hall–Kier alpha value is -1.13. The standard InChI is InChI=1S/C15H20O4/c1-8(2)5-4-6-9-11-10(18-14(9)17)7-15(3)13(19-15)12(11)16/h5,10,12-13,16H,4,6-7H2,1-3H3/t10?,12-,13-,15+/m0/s1. The molecule has 4 nitrogen and oxygen atoms in total. The third-order valence-electron chi connectivity index (χ3n) is 4.27. The molecule has 1 saturated carbocycles. The van der Waals surface area contributed by atoms with E-state index in [0.29, 0.717) is 18.4 Å². The molecule has 4 atom stereocenters. The second-order valence-corrected chi connectivity index (χ2v) is 6.15. The Morgan fingerprint density at radius 1 is 1.53 bits per heavy atom. The molecule has 0 amide bonds. The minimum atomic E-state index is -0.683. The van der Waals surface area contributed by atoms with Crippen LogP contribution in [0.2, 0.25) is 0 Å². The van der Waals surface area contributed by atoms with Crippen LogP contribution in [0, 0.1) is 0 Å². The van der Waals surface area contributed by atoms with Crippen LogP contribution in [0.5, 0.6) is 0 Å². The lowest BCUT2D eigenvalue weighted by atomic mass is 9.81. The van der Waals surface area contributed by atoms with Gasteiger partial charge in [-0.3, -0.25) is 0 Å². The third kappa shape index (κ3) is 2.03. The van der Waals surface area contributed by atoms with Gasteiger partial charge in [-0.15, -0.1) is 0 Å². The van der Waals surface area contributed by atoms with Gasteiger partial charge in [0.2, 0.25) is 0 Å². The van der Waals surface area contributed by atoms with Crippen LogP contribution in [0.3, 0.4) is 0 Å². The highest BCUT2D eigenvalue weighted by atomic mass is 16.6. The highest BCUT2D eigenvalue weighted by Crippen LogP contribution is 2.52. The van der Waals surface area contributed by atoms with E-state index in [4.69, 9.17) is 9.47 Å². The van der Waals surface area contributed by atoms with Crippen molar-refractivity contribution < 1.29 is 19.4 Å². The Morgan fingerprint density at radius 3 is 2.95 bits per heavy atom. The Kier molecular flexibility index (Phi) is 2.84. The Labute approximate surface area is 113 Å². The predicted octanol–water partition coefficient (Wildman–Crippen LogP) is 1.88. The van der Waals surface area contributed by atoms with Gasteiger partial charge in [-0.05, 0) is 33.6 Å². The first-order valence-corrected chi connectivity index (χ1v) is 6.85. The molecule has 1 unspecified atom stereocenters. The lowest BCUT2D eigenvalue weighted by molar-refractivity contribution is -0.140. The van der Waals surface area contributed by atoms with E-state index in [9.17, 15) is 9.90 Å². The van der Waals surface area contributed by atoms with Gasteiger partial charge in [0.1, 0.15) is 18.3 Å². The molecule has 3 rings (SSSR count). The number of allylic oxidation sites excluding steroid dienone is 2. The minimum Gasteiger partial charge on any atom is -0.454 e. The Bertz CT molecular complexity index is 482. The molecule has 2 fully saturated rings. The maximum absolute atomic E-state index is 11.9. The summed E-state index contributed by atoms with van der Waals surface area (Å²) in [4.78, 5) is 11.9. The molecule has 1 saturated heterocycles. The summed E-state index contributed by atoms with van der Waals surface area (Å²) in [5.41, 5.74) is 2.36. The second-order valence-electron chi connectivity index (χ2n) is 6.15. The summed E-state index contributed by atoms with van der Waals surface area (Å²) in [6.07, 6.45) is 3.08. The first kappa shape index (κ1) is 12.9. The molecule has 1 aliphatic carbocycles. The largest absolute Gasteiger partial charge is 0.454 e. The van der Waals surface area contributed by atoms with E-state index in [1.165, 1.54) is 5.57 Å². The zero-order chi connectivity index (χ0) is 13.8. The lowest BCUT2D eigenvalue weighted by Crippen LogP contribution is -2.38. The number of epoxide rings is 1. The van der Waals surface area contributed by atoms with Crippen molar-refractivity contribution in [3.63, 3.8) is 0 Å². The molecule has 2 heterocycles. The summed E-state index contributed by atoms with van der Waals surface area (Å²) in [5, 5.41) is 10.3. The molecular weight excluding hydrogens is 244 g/mol. The highest BCUT2D eigenvalue weighted by molar-refractivity contribution is 5.92. The van der Waals surface area contributed by atoms with E-state index < -0.39 is 6.10 Å². The van der Waals surface area contributed by atoms with Crippen LogP contribution in [0.15, 0.2) is 22.8 Å². The molecule has 0 radical (unpaired) electrons. The molecule has 19 heavy (non-hydrogen) atoms. The van der Waals surface area contributed by atoms with Gasteiger partial charge in [0, 0.05) is 17.6 Å². The Morgan fingerprint density at radius 2 is 2.26 bits per heavy atom. The quantitative estimate of drug-likeness (QED) is 0.480. The third-order valence-corrected chi connectivity index (χ3v) is 4.27. The fraction of sp³-hybridized carbons (Fsp3) is 0.667. The summed E-state index contributed by atoms with van der Waals surface area (Å²) >= 11 is 0. The molecule has 3 aliphatic rings. The van der Waals surface area contributed by atoms with E-state index in [0.717, 1.165) is 12.0 Å². The molecule has 0 aromatic rings. The SMILES string of the molecule is CC(C)=CCCC1=C2C(C[C@@]3(C)O[C@H]3[C@H]2O)OC1=O. The van der Waals surface area contributed by atoms with Crippen molar-refractivity contribution in [1.82, 2.24) is 0 Å². The number of aliphatic hydroxyl groups excluding tert-OH is 1. The number of carbonyl (C=O) groups is 1. The molecule has 0 aromatic carbocycles. The summed E-state index contributed by atoms with van der Waals surface area (Å²) in [5.74, 6) is -0.258. The van der Waals surface area contributed by atoms with Gasteiger partial charge in [0.05, 0.1) is 5.60 Å². The second kappa shape index (κ2) is 4.18. The van der Waals surface area contributed by atoms with Crippen LogP contribution >= 0.6 is 0 Å². The molecule has 0 aromatic heterocycles. The lowest BCUT2D eigenvalue weighted by Gasteiger charge is -2.25. The molecule has 0 bridgehead atoms. The minimum absolute atomic E-state index is 0.160. The smallest absolute Gasteiger partial charge is 0.334 e. The molecule has 4 heteroatoms. The number of ether oxygens (including phenoxy) is 2. The number of aliphatic hydroxyl groups is 1. The number of hydrogen-bond donors (Lipinski definition) is 1. The average Bonchev–Trinajstić information content (AvgIpc) is 2.89. The maximum Gasteiger partial charge on any atom is 0.334 e. The topological polar surface area (TPSA) is 59.1 Å². The maximum atomic E-state index is 11.9. The van der Waals surface area contributed by atoms with Crippen LogP contribution in [0.25, 0.3) is 0 Å². The molecule has 104 valence electrons. The van der Waals surface area contributed by atoms with Crippen molar-refractivity contribution in [1.29, 1.82) is 0 Å². The number of hydrogen-bond acceptors (Lipinski definition) is 4. The van der Waals surface area contributed by atoms with Gasteiger partial charge in [-0.25, -0.2) is 4.79 Å². The van der Waals surface area contributed by atoms with Crippen LogP contribution in [0.4, 0.5) is 0 Å². The van der Waals surface area contributed by atoms with Crippen LogP contribution in [0.1, 0.15) is 40.0 Å². The zero-order valence-corrected chi connectivity index (χ0v) is 11.6. The molecule has 2 aliphatic heterocycles. The van der Waals surface area contributed by atoms with Crippen LogP contribution in [-0.2, 0) is 14.3 Å². The first-order valence-electron chi connectivity index (χ1n) is 6.85. The zero-order valence-electron chi connectivity index (χ0n) is 11.6. The summed E-state index contributed by atoms with van der Waals surface area (Å²) < 4.78 is 10.9. The summed E-state index contributed by atoms with van der Waals surface area (Å²) in [6.45, 7) is 6.03. The Balaban J connectivity index is 1.82. The van der Waals surface area contributed by atoms with Crippen molar-refractivity contribution in [2.24, 2.45) is 0 Å². The van der Waals surface area contributed by atoms with Gasteiger partial charge in [0.15, 0.2) is 0 Å². The van der Waals surface area contributed by atoms with Gasteiger partial charge in [-0.2, -0.15) is 0 Å². The average molecular weight is 264 g/mol. The van der Waals surface area contributed by atoms with E-state index in [1.807, 2.05) is 20.8 Å². The predicted molar refractivity (Wildman–Crippen MR) is 69.5 cm³/mol. The van der Waals surface area contributed by atoms with Crippen LogP contribution < -0.4 is 0 Å². The molecule has 0 spiro atoms. The van der Waals surface area contributed by atoms with Crippen molar-refractivity contribution in [3.8, 4) is 0 Å². The first-order chi connectivity index (χ1) is 8.92. The van der Waals surface area contributed by atoms with E-state index >= 15 is 0 Å². The van der Waals surface area contributed by atoms with Gasteiger partial charge in [0.25, 0.3) is 0 Å². The summed E-state index contributed by atoms with van der Waals surface area (Å²) in [7, 11) is 0. The van der Waals surface area contributed by atoms with Gasteiger partial charge < -0.3 is 14.6 Å². The molecule has 1 N–H and O–H groups in total. The fourth-order valence-electron chi connectivity index (χ4n) is 3.20. The van der Waals surface area contributed by atoms with Crippen molar-refractivity contribution in [2.45, 2.75) is 63.9 Å². The van der Waals surface area contributed by atoms with E-state index in [1.54, 1.807) is 0 Å². The summed E-state index contributed by atoms with van der Waals surface area (Å²) in [6, 6.07) is 0. The number of rotatable bonds is 3.